The zero-order chi connectivity index (χ0) is 18.7. The van der Waals surface area contributed by atoms with Crippen LogP contribution in [0.4, 0.5) is 0 Å². The van der Waals surface area contributed by atoms with E-state index in [1.165, 1.54) is 18.4 Å². The Hall–Kier alpha value is -2.42. The Bertz CT molecular complexity index is 974. The minimum atomic E-state index is -3.64. The zero-order valence-electron chi connectivity index (χ0n) is 14.6. The van der Waals surface area contributed by atoms with E-state index in [0.29, 0.717) is 11.6 Å². The van der Waals surface area contributed by atoms with Crippen LogP contribution in [0.25, 0.3) is 11.3 Å². The van der Waals surface area contributed by atoms with E-state index in [2.05, 4.69) is 9.71 Å². The second kappa shape index (κ2) is 7.45. The maximum Gasteiger partial charge on any atom is 0.240 e. The summed E-state index contributed by atoms with van der Waals surface area (Å²) in [6.45, 7) is 1.88. The standard InChI is InChI=1S/C18H21N3O4S/c1-13-20-16(12-25-13)14-5-7-15(8-6-14)26(23,24)19-10-9-18(22)17-4-3-11-21(17)2/h3-8,11-12,18-19,22H,9-10H2,1-2H3. The number of sulfonamides is 1. The molecule has 0 aliphatic heterocycles. The van der Waals surface area contributed by atoms with Crippen LogP contribution in [-0.2, 0) is 17.1 Å². The first-order valence-electron chi connectivity index (χ1n) is 8.18. The molecule has 26 heavy (non-hydrogen) atoms. The molecule has 3 rings (SSSR count). The number of benzene rings is 1. The number of aromatic nitrogens is 2. The first kappa shape index (κ1) is 18.4. The topological polar surface area (TPSA) is 97.4 Å². The summed E-state index contributed by atoms with van der Waals surface area (Å²) in [7, 11) is -1.81. The van der Waals surface area contributed by atoms with Gasteiger partial charge in [0.05, 0.1) is 11.0 Å². The van der Waals surface area contributed by atoms with Crippen molar-refractivity contribution < 1.29 is 17.9 Å². The summed E-state index contributed by atoms with van der Waals surface area (Å²) >= 11 is 0. The summed E-state index contributed by atoms with van der Waals surface area (Å²) in [5, 5.41) is 10.2. The van der Waals surface area contributed by atoms with Gasteiger partial charge in [-0.1, -0.05) is 12.1 Å². The van der Waals surface area contributed by atoms with Gasteiger partial charge in [-0.2, -0.15) is 0 Å². The summed E-state index contributed by atoms with van der Waals surface area (Å²) in [6, 6.07) is 10.1. The number of nitrogens with one attached hydrogen (secondary N) is 1. The summed E-state index contributed by atoms with van der Waals surface area (Å²) in [5.74, 6) is 0.551. The fourth-order valence-electron chi connectivity index (χ4n) is 2.68. The molecule has 138 valence electrons. The highest BCUT2D eigenvalue weighted by Gasteiger charge is 2.16. The Morgan fingerprint density at radius 1 is 1.27 bits per heavy atom. The molecule has 0 aliphatic rings. The number of hydrogen-bond donors (Lipinski definition) is 2. The number of aliphatic hydroxyl groups excluding tert-OH is 1. The molecule has 3 aromatic rings. The third kappa shape index (κ3) is 4.04. The number of rotatable bonds is 7. The molecule has 1 unspecified atom stereocenters. The maximum absolute atomic E-state index is 12.4. The number of nitrogens with zero attached hydrogens (tertiary/aromatic N) is 2. The SMILES string of the molecule is Cc1nc(-c2ccc(S(=O)(=O)NCCC(O)c3cccn3C)cc2)co1. The van der Waals surface area contributed by atoms with Crippen LogP contribution < -0.4 is 4.72 Å². The second-order valence-electron chi connectivity index (χ2n) is 6.02. The highest BCUT2D eigenvalue weighted by atomic mass is 32.2. The molecule has 0 bridgehead atoms. The van der Waals surface area contributed by atoms with Crippen molar-refractivity contribution in [1.29, 1.82) is 0 Å². The van der Waals surface area contributed by atoms with Crippen LogP contribution in [-0.4, -0.2) is 29.6 Å². The lowest BCUT2D eigenvalue weighted by Gasteiger charge is -2.13. The van der Waals surface area contributed by atoms with Crippen LogP contribution in [0.3, 0.4) is 0 Å². The lowest BCUT2D eigenvalue weighted by atomic mass is 10.2. The molecule has 2 aromatic heterocycles. The summed E-state index contributed by atoms with van der Waals surface area (Å²) < 4.78 is 34.3. The van der Waals surface area contributed by atoms with Crippen molar-refractivity contribution >= 4 is 10.0 Å². The molecule has 0 spiro atoms. The lowest BCUT2D eigenvalue weighted by molar-refractivity contribution is 0.161. The van der Waals surface area contributed by atoms with Gasteiger partial charge < -0.3 is 14.1 Å². The van der Waals surface area contributed by atoms with Gasteiger partial charge in [-0.05, 0) is 30.7 Å². The third-order valence-electron chi connectivity index (χ3n) is 4.11. The molecule has 8 heteroatoms. The van der Waals surface area contributed by atoms with Gasteiger partial charge >= 0.3 is 0 Å². The number of hydrogen-bond acceptors (Lipinski definition) is 5. The molecule has 1 atom stereocenters. The Labute approximate surface area is 152 Å². The molecule has 2 heterocycles. The summed E-state index contributed by atoms with van der Waals surface area (Å²) in [4.78, 5) is 4.37. The molecule has 2 N–H and O–H groups in total. The van der Waals surface area contributed by atoms with E-state index in [0.717, 1.165) is 11.3 Å². The minimum Gasteiger partial charge on any atom is -0.449 e. The van der Waals surface area contributed by atoms with E-state index in [-0.39, 0.29) is 17.9 Å². The zero-order valence-corrected chi connectivity index (χ0v) is 15.4. The van der Waals surface area contributed by atoms with Crippen molar-refractivity contribution in [3.63, 3.8) is 0 Å². The normalized spacial score (nSPS) is 13.0. The Morgan fingerprint density at radius 3 is 2.58 bits per heavy atom. The average molecular weight is 375 g/mol. The molecule has 7 nitrogen and oxygen atoms in total. The predicted molar refractivity (Wildman–Crippen MR) is 96.9 cm³/mol. The molecular weight excluding hydrogens is 354 g/mol. The molecule has 0 amide bonds. The molecule has 1 aromatic carbocycles. The lowest BCUT2D eigenvalue weighted by Crippen LogP contribution is -2.26. The summed E-state index contributed by atoms with van der Waals surface area (Å²) in [6.07, 6.45) is 2.92. The molecule has 0 saturated carbocycles. The monoisotopic (exact) mass is 375 g/mol. The van der Waals surface area contributed by atoms with Crippen LogP contribution in [0, 0.1) is 6.92 Å². The van der Waals surface area contributed by atoms with E-state index < -0.39 is 16.1 Å². The highest BCUT2D eigenvalue weighted by molar-refractivity contribution is 7.89. The smallest absolute Gasteiger partial charge is 0.240 e. The molecule has 0 aliphatic carbocycles. The molecular formula is C18H21N3O4S. The van der Waals surface area contributed by atoms with E-state index in [1.54, 1.807) is 19.1 Å². The maximum atomic E-state index is 12.4. The van der Waals surface area contributed by atoms with Gasteiger partial charge in [-0.3, -0.25) is 0 Å². The van der Waals surface area contributed by atoms with Gasteiger partial charge in [0, 0.05) is 38.0 Å². The number of aryl methyl sites for hydroxylation is 2. The van der Waals surface area contributed by atoms with E-state index in [1.807, 2.05) is 29.9 Å². The van der Waals surface area contributed by atoms with Gasteiger partial charge in [0.25, 0.3) is 0 Å². The second-order valence-corrected chi connectivity index (χ2v) is 7.79. The van der Waals surface area contributed by atoms with Gasteiger partial charge in [0.1, 0.15) is 12.0 Å². The largest absolute Gasteiger partial charge is 0.449 e. The van der Waals surface area contributed by atoms with Crippen LogP contribution in [0.1, 0.15) is 24.1 Å². The van der Waals surface area contributed by atoms with Gasteiger partial charge in [0.2, 0.25) is 10.0 Å². The van der Waals surface area contributed by atoms with Crippen molar-refractivity contribution in [2.75, 3.05) is 6.54 Å². The van der Waals surface area contributed by atoms with Gasteiger partial charge in [-0.25, -0.2) is 18.1 Å². The Balaban J connectivity index is 1.62. The molecule has 0 fully saturated rings. The third-order valence-corrected chi connectivity index (χ3v) is 5.59. The minimum absolute atomic E-state index is 0.138. The van der Waals surface area contributed by atoms with Crippen molar-refractivity contribution in [1.82, 2.24) is 14.3 Å². The van der Waals surface area contributed by atoms with Crippen molar-refractivity contribution in [3.8, 4) is 11.3 Å². The number of aliphatic hydroxyl groups is 1. The van der Waals surface area contributed by atoms with Crippen molar-refractivity contribution in [2.45, 2.75) is 24.3 Å². The predicted octanol–water partition coefficient (Wildman–Crippen LogP) is 2.39. The van der Waals surface area contributed by atoms with Crippen LogP contribution >= 0.6 is 0 Å². The van der Waals surface area contributed by atoms with Crippen LogP contribution in [0.15, 0.2) is 58.2 Å². The molecule has 0 saturated heterocycles. The summed E-state index contributed by atoms with van der Waals surface area (Å²) in [5.41, 5.74) is 2.18. The Kier molecular flexibility index (Phi) is 5.26. The first-order valence-corrected chi connectivity index (χ1v) is 9.66. The fraction of sp³-hybridized carbons (Fsp3) is 0.278. The van der Waals surface area contributed by atoms with E-state index in [9.17, 15) is 13.5 Å². The van der Waals surface area contributed by atoms with E-state index in [4.69, 9.17) is 4.42 Å². The van der Waals surface area contributed by atoms with Crippen molar-refractivity contribution in [2.24, 2.45) is 7.05 Å². The van der Waals surface area contributed by atoms with E-state index >= 15 is 0 Å². The quantitative estimate of drug-likeness (QED) is 0.661. The highest BCUT2D eigenvalue weighted by Crippen LogP contribution is 2.21. The van der Waals surface area contributed by atoms with Crippen molar-refractivity contribution in [3.05, 3.63) is 60.4 Å². The van der Waals surface area contributed by atoms with Crippen LogP contribution in [0.2, 0.25) is 0 Å². The number of oxazole rings is 1. The van der Waals surface area contributed by atoms with Crippen LogP contribution in [0.5, 0.6) is 0 Å². The average Bonchev–Trinajstić information content (AvgIpc) is 3.23. The Morgan fingerprint density at radius 2 is 2.00 bits per heavy atom. The first-order chi connectivity index (χ1) is 12.4. The fourth-order valence-corrected chi connectivity index (χ4v) is 3.73. The molecule has 0 radical (unpaired) electrons. The van der Waals surface area contributed by atoms with Gasteiger partial charge in [-0.15, -0.1) is 0 Å². The van der Waals surface area contributed by atoms with Gasteiger partial charge in [0.15, 0.2) is 5.89 Å².